The van der Waals surface area contributed by atoms with E-state index in [-0.39, 0.29) is 28.6 Å². The molecule has 3 amide bonds. The molecule has 1 saturated carbocycles. The zero-order chi connectivity index (χ0) is 22.2. The van der Waals surface area contributed by atoms with E-state index in [0.717, 1.165) is 18.5 Å². The maximum Gasteiger partial charge on any atom is 0.407 e. The van der Waals surface area contributed by atoms with Crippen molar-refractivity contribution in [1.82, 2.24) is 20.2 Å². The standard InChI is InChI=1S/C19H24N6O5S/c1-10(2)20-19(27)30-12-7-6-11(8-12)15-9-16(24-23-15)21-13-4-3-5-14-17(13)31(28,29)25-18(26)22-14/h3-5,9-12H,6-8H2,1-2H3,(H,20,27)(H2,21,23,24)(H2,22,25,26)/t11-,12+/m0/s1. The van der Waals surface area contributed by atoms with Crippen LogP contribution in [0.3, 0.4) is 0 Å². The number of hydrogen-bond donors (Lipinski definition) is 5. The number of alkyl carbamates (subject to hydrolysis) is 1. The minimum Gasteiger partial charge on any atom is -0.446 e. The number of rotatable bonds is 5. The highest BCUT2D eigenvalue weighted by Gasteiger charge is 2.32. The molecule has 0 spiro atoms. The van der Waals surface area contributed by atoms with Crippen LogP contribution in [0.1, 0.15) is 44.7 Å². The summed E-state index contributed by atoms with van der Waals surface area (Å²) in [6, 6.07) is 5.77. The molecule has 1 aliphatic heterocycles. The monoisotopic (exact) mass is 448 g/mol. The molecule has 1 aromatic carbocycles. The van der Waals surface area contributed by atoms with E-state index in [4.69, 9.17) is 4.74 Å². The Balaban J connectivity index is 1.45. The first-order valence-electron chi connectivity index (χ1n) is 9.97. The summed E-state index contributed by atoms with van der Waals surface area (Å²) in [6.07, 6.45) is 1.70. The number of carbonyl (C=O) groups excluding carboxylic acids is 2. The van der Waals surface area contributed by atoms with E-state index in [1.807, 2.05) is 24.6 Å². The number of anilines is 3. The van der Waals surface area contributed by atoms with Crippen LogP contribution in [-0.2, 0) is 14.8 Å². The summed E-state index contributed by atoms with van der Waals surface area (Å²) in [5, 5.41) is 15.4. The molecule has 12 heteroatoms. The van der Waals surface area contributed by atoms with Gasteiger partial charge in [0.1, 0.15) is 11.0 Å². The Morgan fingerprint density at radius 2 is 2.10 bits per heavy atom. The maximum absolute atomic E-state index is 12.4. The second-order valence-corrected chi connectivity index (χ2v) is 9.53. The number of carbonyl (C=O) groups is 2. The van der Waals surface area contributed by atoms with Crippen molar-refractivity contribution >= 4 is 39.3 Å². The molecule has 2 heterocycles. The Morgan fingerprint density at radius 3 is 2.87 bits per heavy atom. The number of ether oxygens (including phenoxy) is 1. The third-order valence-corrected chi connectivity index (χ3v) is 6.56. The number of amides is 3. The van der Waals surface area contributed by atoms with Gasteiger partial charge >= 0.3 is 12.1 Å². The Kier molecular flexibility index (Phi) is 5.48. The SMILES string of the molecule is CC(C)NC(=O)O[C@@H]1CC[C@H](c2cc(Nc3cccc4c3S(=O)(=O)NC(=O)N4)n[nH]2)C1. The van der Waals surface area contributed by atoms with Crippen molar-refractivity contribution in [2.75, 3.05) is 10.6 Å². The Morgan fingerprint density at radius 1 is 1.29 bits per heavy atom. The van der Waals surface area contributed by atoms with Gasteiger partial charge in [0, 0.05) is 23.7 Å². The zero-order valence-electron chi connectivity index (χ0n) is 17.1. The lowest BCUT2D eigenvalue weighted by Crippen LogP contribution is -2.39. The quantitative estimate of drug-likeness (QED) is 0.471. The van der Waals surface area contributed by atoms with Crippen LogP contribution < -0.4 is 20.7 Å². The fraction of sp³-hybridized carbons (Fsp3) is 0.421. The number of fused-ring (bicyclic) bond motifs is 1. The van der Waals surface area contributed by atoms with E-state index in [2.05, 4.69) is 26.1 Å². The molecule has 2 aromatic rings. The minimum absolute atomic E-state index is 0.0157. The fourth-order valence-corrected chi connectivity index (χ4v) is 5.06. The van der Waals surface area contributed by atoms with E-state index >= 15 is 0 Å². The molecule has 2 atom stereocenters. The highest BCUT2D eigenvalue weighted by atomic mass is 32.2. The molecule has 5 N–H and O–H groups in total. The highest BCUT2D eigenvalue weighted by molar-refractivity contribution is 7.90. The first-order valence-corrected chi connectivity index (χ1v) is 11.5. The van der Waals surface area contributed by atoms with Gasteiger partial charge in [-0.2, -0.15) is 5.10 Å². The third kappa shape index (κ3) is 4.58. The van der Waals surface area contributed by atoms with Crippen LogP contribution in [0.15, 0.2) is 29.2 Å². The van der Waals surface area contributed by atoms with E-state index in [0.29, 0.717) is 17.9 Å². The average Bonchev–Trinajstić information content (AvgIpc) is 3.29. The molecule has 11 nitrogen and oxygen atoms in total. The molecule has 4 rings (SSSR count). The van der Waals surface area contributed by atoms with Crippen molar-refractivity contribution in [3.05, 3.63) is 30.0 Å². The molecule has 0 unspecified atom stereocenters. The number of nitrogens with one attached hydrogen (secondary N) is 5. The number of H-pyrrole nitrogens is 1. The van der Waals surface area contributed by atoms with E-state index in [1.54, 1.807) is 12.1 Å². The minimum atomic E-state index is -4.00. The number of urea groups is 1. The van der Waals surface area contributed by atoms with Crippen molar-refractivity contribution in [3.8, 4) is 0 Å². The van der Waals surface area contributed by atoms with Crippen LogP contribution in [0, 0.1) is 0 Å². The molecule has 0 saturated heterocycles. The molecule has 166 valence electrons. The lowest BCUT2D eigenvalue weighted by molar-refractivity contribution is 0.0981. The molecule has 0 radical (unpaired) electrons. The summed E-state index contributed by atoms with van der Waals surface area (Å²) in [4.78, 5) is 23.3. The smallest absolute Gasteiger partial charge is 0.407 e. The second kappa shape index (κ2) is 8.10. The van der Waals surface area contributed by atoms with Gasteiger partial charge in [-0.1, -0.05) is 6.07 Å². The van der Waals surface area contributed by atoms with Gasteiger partial charge in [-0.25, -0.2) is 22.7 Å². The lowest BCUT2D eigenvalue weighted by atomic mass is 10.0. The summed E-state index contributed by atoms with van der Waals surface area (Å²) < 4.78 is 32.2. The average molecular weight is 449 g/mol. The van der Waals surface area contributed by atoms with Crippen LogP contribution in [0.25, 0.3) is 0 Å². The molecule has 1 fully saturated rings. The van der Waals surface area contributed by atoms with Gasteiger partial charge < -0.3 is 20.7 Å². The predicted molar refractivity (Wildman–Crippen MR) is 113 cm³/mol. The van der Waals surface area contributed by atoms with Crippen molar-refractivity contribution in [2.24, 2.45) is 0 Å². The first-order chi connectivity index (χ1) is 14.7. The molecule has 1 aliphatic carbocycles. The van der Waals surface area contributed by atoms with E-state index in [1.165, 1.54) is 6.07 Å². The Bertz CT molecular complexity index is 1110. The molecular weight excluding hydrogens is 424 g/mol. The summed E-state index contributed by atoms with van der Waals surface area (Å²) in [6.45, 7) is 3.74. The first kappa shape index (κ1) is 21.0. The highest BCUT2D eigenvalue weighted by Crippen LogP contribution is 2.37. The van der Waals surface area contributed by atoms with Gasteiger partial charge in [0.15, 0.2) is 5.82 Å². The van der Waals surface area contributed by atoms with Crippen LogP contribution in [-0.4, -0.2) is 42.9 Å². The Hall–Kier alpha value is -3.28. The largest absolute Gasteiger partial charge is 0.446 e. The Labute approximate surface area is 179 Å². The van der Waals surface area contributed by atoms with E-state index < -0.39 is 22.1 Å². The molecule has 2 aliphatic rings. The lowest BCUT2D eigenvalue weighted by Gasteiger charge is -2.21. The summed E-state index contributed by atoms with van der Waals surface area (Å²) >= 11 is 0. The van der Waals surface area contributed by atoms with Gasteiger partial charge in [0.05, 0.1) is 11.4 Å². The van der Waals surface area contributed by atoms with Crippen molar-refractivity contribution < 1.29 is 22.7 Å². The molecule has 31 heavy (non-hydrogen) atoms. The maximum atomic E-state index is 12.4. The van der Waals surface area contributed by atoms with Crippen LogP contribution >= 0.6 is 0 Å². The van der Waals surface area contributed by atoms with Gasteiger partial charge in [0.2, 0.25) is 0 Å². The summed E-state index contributed by atoms with van der Waals surface area (Å²) in [7, 11) is -4.00. The van der Waals surface area contributed by atoms with Crippen molar-refractivity contribution in [3.63, 3.8) is 0 Å². The fourth-order valence-electron chi connectivity index (χ4n) is 3.84. The molecule has 1 aromatic heterocycles. The number of aromatic nitrogens is 2. The van der Waals surface area contributed by atoms with Crippen molar-refractivity contribution in [1.29, 1.82) is 0 Å². The van der Waals surface area contributed by atoms with Gasteiger partial charge in [0.25, 0.3) is 10.0 Å². The van der Waals surface area contributed by atoms with E-state index in [9.17, 15) is 18.0 Å². The van der Waals surface area contributed by atoms with Gasteiger partial charge in [-0.3, -0.25) is 5.10 Å². The predicted octanol–water partition coefficient (Wildman–Crippen LogP) is 2.75. The van der Waals surface area contributed by atoms with Crippen LogP contribution in [0.5, 0.6) is 0 Å². The van der Waals surface area contributed by atoms with Crippen LogP contribution in [0.2, 0.25) is 0 Å². The number of nitrogens with zero attached hydrogens (tertiary/aromatic N) is 1. The second-order valence-electron chi connectivity index (χ2n) is 7.91. The topological polar surface area (TPSA) is 154 Å². The zero-order valence-corrected chi connectivity index (χ0v) is 17.9. The van der Waals surface area contributed by atoms with Gasteiger partial charge in [-0.05, 0) is 45.2 Å². The number of benzene rings is 1. The van der Waals surface area contributed by atoms with Crippen LogP contribution in [0.4, 0.5) is 26.8 Å². The normalized spacial score (nSPS) is 21.7. The summed E-state index contributed by atoms with van der Waals surface area (Å²) in [5.41, 5.74) is 1.36. The van der Waals surface area contributed by atoms with Crippen molar-refractivity contribution in [2.45, 2.75) is 56.1 Å². The summed E-state index contributed by atoms with van der Waals surface area (Å²) in [5.74, 6) is 0.590. The number of hydrogen-bond acceptors (Lipinski definition) is 7. The third-order valence-electron chi connectivity index (χ3n) is 5.12. The number of aromatic amines is 1. The molecule has 0 bridgehead atoms. The van der Waals surface area contributed by atoms with Gasteiger partial charge in [-0.15, -0.1) is 0 Å². The molecular formula is C19H24N6O5S. The number of sulfonamides is 1.